The lowest BCUT2D eigenvalue weighted by Crippen LogP contribution is -2.47. The lowest BCUT2D eigenvalue weighted by molar-refractivity contribution is -0.131. The molecule has 3 nitrogen and oxygen atoms in total. The number of thiophene rings is 1. The second kappa shape index (κ2) is 5.00. The van der Waals surface area contributed by atoms with Gasteiger partial charge in [0.2, 0.25) is 5.91 Å². The van der Waals surface area contributed by atoms with Crippen LogP contribution in [0.25, 0.3) is 0 Å². The van der Waals surface area contributed by atoms with Gasteiger partial charge in [-0.05, 0) is 29.2 Å². The van der Waals surface area contributed by atoms with Gasteiger partial charge in [-0.25, -0.2) is 0 Å². The van der Waals surface area contributed by atoms with Crippen LogP contribution in [0.1, 0.15) is 15.7 Å². The smallest absolute Gasteiger partial charge is 0.240 e. The van der Waals surface area contributed by atoms with Crippen LogP contribution in [-0.2, 0) is 11.2 Å². The van der Waals surface area contributed by atoms with Gasteiger partial charge in [0.15, 0.2) is 0 Å². The molecule has 3 rings (SSSR count). The Bertz CT molecular complexity index is 412. The normalized spacial score (nSPS) is 24.5. The van der Waals surface area contributed by atoms with Gasteiger partial charge in [0, 0.05) is 31.1 Å². The molecule has 0 aromatic carbocycles. The number of fused-ring (bicyclic) bond motifs is 1. The topological polar surface area (TPSA) is 32.3 Å². The summed E-state index contributed by atoms with van der Waals surface area (Å²) in [7, 11) is 0. The Hall–Kier alpha value is -0.520. The summed E-state index contributed by atoms with van der Waals surface area (Å²) in [5, 5.41) is 5.47. The molecule has 0 spiro atoms. The van der Waals surface area contributed by atoms with Crippen molar-refractivity contribution in [2.45, 2.75) is 11.7 Å². The average molecular weight is 268 g/mol. The number of piperazine rings is 1. The van der Waals surface area contributed by atoms with Crippen molar-refractivity contribution >= 4 is 29.0 Å². The summed E-state index contributed by atoms with van der Waals surface area (Å²) in [4.78, 5) is 15.9. The van der Waals surface area contributed by atoms with Crippen LogP contribution in [0.2, 0.25) is 0 Å². The first-order valence-electron chi connectivity index (χ1n) is 6.03. The van der Waals surface area contributed by atoms with Gasteiger partial charge in [-0.2, -0.15) is 0 Å². The van der Waals surface area contributed by atoms with Gasteiger partial charge in [-0.1, -0.05) is 0 Å². The molecule has 92 valence electrons. The number of rotatable bonds is 1. The Balaban J connectivity index is 1.79. The first-order valence-corrected chi connectivity index (χ1v) is 7.96. The van der Waals surface area contributed by atoms with Crippen molar-refractivity contribution in [1.29, 1.82) is 0 Å². The number of hydrogen-bond acceptors (Lipinski definition) is 4. The lowest BCUT2D eigenvalue weighted by atomic mass is 10.1. The first-order chi connectivity index (χ1) is 8.36. The first kappa shape index (κ1) is 11.6. The monoisotopic (exact) mass is 268 g/mol. The Morgan fingerprint density at radius 3 is 3.06 bits per heavy atom. The molecule has 0 radical (unpaired) electrons. The van der Waals surface area contributed by atoms with E-state index in [-0.39, 0.29) is 5.25 Å². The van der Waals surface area contributed by atoms with E-state index in [1.165, 1.54) is 10.4 Å². The van der Waals surface area contributed by atoms with Crippen molar-refractivity contribution in [2.75, 3.05) is 31.9 Å². The Morgan fingerprint density at radius 1 is 1.41 bits per heavy atom. The average Bonchev–Trinajstić information content (AvgIpc) is 2.87. The number of thioether (sulfide) groups is 1. The third-order valence-corrected chi connectivity index (χ3v) is 5.55. The summed E-state index contributed by atoms with van der Waals surface area (Å²) in [6.07, 6.45) is 1.13. The summed E-state index contributed by atoms with van der Waals surface area (Å²) in [6, 6.07) is 2.14. The highest BCUT2D eigenvalue weighted by Gasteiger charge is 2.31. The number of amides is 1. The predicted octanol–water partition coefficient (Wildman–Crippen LogP) is 1.51. The molecule has 1 fully saturated rings. The second-order valence-electron chi connectivity index (χ2n) is 4.38. The van der Waals surface area contributed by atoms with Gasteiger partial charge in [-0.15, -0.1) is 23.1 Å². The number of hydrogen-bond donors (Lipinski definition) is 1. The Labute approximate surface area is 110 Å². The quantitative estimate of drug-likeness (QED) is 0.838. The van der Waals surface area contributed by atoms with Crippen LogP contribution in [-0.4, -0.2) is 42.7 Å². The van der Waals surface area contributed by atoms with E-state index in [0.29, 0.717) is 5.91 Å². The minimum atomic E-state index is 0.0584. The zero-order valence-corrected chi connectivity index (χ0v) is 11.3. The standard InChI is InChI=1S/C12H16N2OS2/c15-12(14-5-3-13-4-6-14)11-9-1-7-16-10(9)2-8-17-11/h1,7,11,13H,2-6,8H2. The fraction of sp³-hybridized carbons (Fsp3) is 0.583. The van der Waals surface area contributed by atoms with E-state index < -0.39 is 0 Å². The summed E-state index contributed by atoms with van der Waals surface area (Å²) in [6.45, 7) is 3.57. The van der Waals surface area contributed by atoms with Crippen LogP contribution >= 0.6 is 23.1 Å². The zero-order valence-electron chi connectivity index (χ0n) is 9.65. The molecule has 5 heteroatoms. The molecule has 3 heterocycles. The molecule has 1 amide bonds. The molecule has 0 bridgehead atoms. The molecule has 1 unspecified atom stereocenters. The van der Waals surface area contributed by atoms with Crippen LogP contribution in [0.3, 0.4) is 0 Å². The molecule has 2 aliphatic rings. The predicted molar refractivity (Wildman–Crippen MR) is 72.7 cm³/mol. The zero-order chi connectivity index (χ0) is 11.7. The van der Waals surface area contributed by atoms with Crippen molar-refractivity contribution in [1.82, 2.24) is 10.2 Å². The van der Waals surface area contributed by atoms with Gasteiger partial charge < -0.3 is 10.2 Å². The maximum absolute atomic E-state index is 12.5. The van der Waals surface area contributed by atoms with Crippen LogP contribution in [0.5, 0.6) is 0 Å². The number of carbonyl (C=O) groups excluding carboxylic acids is 1. The third-order valence-electron chi connectivity index (χ3n) is 3.33. The molecule has 1 aromatic rings. The number of carbonyl (C=O) groups is 1. The van der Waals surface area contributed by atoms with E-state index >= 15 is 0 Å². The van der Waals surface area contributed by atoms with Gasteiger partial charge in [-0.3, -0.25) is 4.79 Å². The van der Waals surface area contributed by atoms with E-state index in [0.717, 1.165) is 38.4 Å². The van der Waals surface area contributed by atoms with Crippen LogP contribution in [0, 0.1) is 0 Å². The van der Waals surface area contributed by atoms with Gasteiger partial charge in [0.25, 0.3) is 0 Å². The summed E-state index contributed by atoms with van der Waals surface area (Å²) >= 11 is 3.60. The van der Waals surface area contributed by atoms with E-state index in [9.17, 15) is 4.79 Å². The number of nitrogens with zero attached hydrogens (tertiary/aromatic N) is 1. The van der Waals surface area contributed by atoms with Gasteiger partial charge in [0.05, 0.1) is 0 Å². The molecule has 1 atom stereocenters. The summed E-state index contributed by atoms with van der Waals surface area (Å²) in [5.41, 5.74) is 1.27. The van der Waals surface area contributed by atoms with Crippen molar-refractivity contribution in [3.05, 3.63) is 21.9 Å². The minimum Gasteiger partial charge on any atom is -0.339 e. The second-order valence-corrected chi connectivity index (χ2v) is 6.59. The van der Waals surface area contributed by atoms with Crippen LogP contribution in [0.15, 0.2) is 11.4 Å². The summed E-state index contributed by atoms with van der Waals surface area (Å²) in [5.74, 6) is 1.39. The molecule has 1 saturated heterocycles. The molecular weight excluding hydrogens is 252 g/mol. The fourth-order valence-corrected chi connectivity index (χ4v) is 4.78. The van der Waals surface area contributed by atoms with E-state index in [2.05, 4.69) is 16.8 Å². The maximum Gasteiger partial charge on any atom is 0.240 e. The molecule has 2 aliphatic heterocycles. The van der Waals surface area contributed by atoms with Crippen molar-refractivity contribution in [2.24, 2.45) is 0 Å². The van der Waals surface area contributed by atoms with Crippen molar-refractivity contribution < 1.29 is 4.79 Å². The summed E-state index contributed by atoms with van der Waals surface area (Å²) < 4.78 is 0. The SMILES string of the molecule is O=C(C1SCCc2sccc21)N1CCNCC1. The van der Waals surface area contributed by atoms with E-state index in [1.807, 2.05) is 16.7 Å². The van der Waals surface area contributed by atoms with Crippen molar-refractivity contribution in [3.63, 3.8) is 0 Å². The molecule has 0 aliphatic carbocycles. The minimum absolute atomic E-state index is 0.0584. The maximum atomic E-state index is 12.5. The molecule has 0 saturated carbocycles. The third kappa shape index (κ3) is 2.23. The highest BCUT2D eigenvalue weighted by molar-refractivity contribution is 8.00. The highest BCUT2D eigenvalue weighted by Crippen LogP contribution is 2.40. The molecule has 1 N–H and O–H groups in total. The number of nitrogens with one attached hydrogen (secondary N) is 1. The molecule has 1 aromatic heterocycles. The van der Waals surface area contributed by atoms with E-state index in [1.54, 1.807) is 11.3 Å². The number of aryl methyl sites for hydroxylation is 1. The van der Waals surface area contributed by atoms with Crippen LogP contribution < -0.4 is 5.32 Å². The van der Waals surface area contributed by atoms with Crippen molar-refractivity contribution in [3.8, 4) is 0 Å². The molecule has 17 heavy (non-hydrogen) atoms. The fourth-order valence-electron chi connectivity index (χ4n) is 2.40. The van der Waals surface area contributed by atoms with E-state index in [4.69, 9.17) is 0 Å². The Kier molecular flexibility index (Phi) is 3.40. The van der Waals surface area contributed by atoms with Gasteiger partial charge >= 0.3 is 0 Å². The molecular formula is C12H16N2OS2. The van der Waals surface area contributed by atoms with Gasteiger partial charge in [0.1, 0.15) is 5.25 Å². The highest BCUT2D eigenvalue weighted by atomic mass is 32.2. The largest absolute Gasteiger partial charge is 0.339 e. The Morgan fingerprint density at radius 2 is 2.24 bits per heavy atom. The lowest BCUT2D eigenvalue weighted by Gasteiger charge is -2.32. The van der Waals surface area contributed by atoms with Crippen LogP contribution in [0.4, 0.5) is 0 Å².